The summed E-state index contributed by atoms with van der Waals surface area (Å²) in [5, 5.41) is 10.6. The molecule has 0 heterocycles. The summed E-state index contributed by atoms with van der Waals surface area (Å²) in [6, 6.07) is 0. The molecule has 0 rings (SSSR count). The molecule has 0 saturated heterocycles. The number of phosphoric ester groups is 2. The Kier molecular flexibility index (Phi) is 59.6. The lowest BCUT2D eigenvalue weighted by Gasteiger charge is -2.21. The first-order valence-electron chi connectivity index (χ1n) is 36.3. The number of carbonyl (C=O) groups excluding carboxylic acids is 4. The SMILES string of the molecule is CCCCCCCCCCCCC(=O)OC[C@H](COP(=O)(O)OC[C@H](O)COP(=O)(O)OC[C@@H](COC(=O)CCCCCCCCCCCCCC(C)C)OC(=O)CCCCCCCCCCCCCCC(C)C)OC(=O)CCCCCCCCCC(C)C. The standard InChI is InChI=1S/C70H136O17P2/c1-8-9-10-11-12-13-23-30-37-44-51-67(72)80-58-66(87-70(75)54-47-40-33-26-29-36-43-50-63(6)7)60-85-89(78,79)83-56-64(71)55-82-88(76,77)84-59-65(57-81-68(73)52-45-38-31-24-20-16-18-22-28-35-42-49-62(4)5)86-69(74)53-46-39-32-25-19-15-14-17-21-27-34-41-48-61(2)3/h61-66,71H,8-60H2,1-7H3,(H,76,77)(H,78,79)/t64-,65-,66-/m1/s1. The number of rotatable bonds is 68. The zero-order valence-corrected chi connectivity index (χ0v) is 59.7. The summed E-state index contributed by atoms with van der Waals surface area (Å²) in [5.74, 6) is 0.116. The molecule has 0 radical (unpaired) electrons. The van der Waals surface area contributed by atoms with Crippen molar-refractivity contribution in [2.75, 3.05) is 39.6 Å². The minimum absolute atomic E-state index is 0.103. The summed E-state index contributed by atoms with van der Waals surface area (Å²) >= 11 is 0. The van der Waals surface area contributed by atoms with Crippen LogP contribution < -0.4 is 0 Å². The van der Waals surface area contributed by atoms with Gasteiger partial charge in [-0.3, -0.25) is 37.3 Å². The first kappa shape index (κ1) is 87.1. The summed E-state index contributed by atoms with van der Waals surface area (Å²) < 4.78 is 68.2. The van der Waals surface area contributed by atoms with Crippen LogP contribution in [0.5, 0.6) is 0 Å². The van der Waals surface area contributed by atoms with Crippen molar-refractivity contribution < 1.29 is 80.2 Å². The van der Waals surface area contributed by atoms with Crippen molar-refractivity contribution in [3.05, 3.63) is 0 Å². The fourth-order valence-electron chi connectivity index (χ4n) is 10.5. The molecule has 17 nitrogen and oxygen atoms in total. The van der Waals surface area contributed by atoms with Gasteiger partial charge in [-0.2, -0.15) is 0 Å². The molecular formula is C70H136O17P2. The smallest absolute Gasteiger partial charge is 0.462 e. The summed E-state index contributed by atoms with van der Waals surface area (Å²) in [6.07, 6.45) is 44.4. The third-order valence-electron chi connectivity index (χ3n) is 16.1. The molecule has 0 spiro atoms. The van der Waals surface area contributed by atoms with Crippen molar-refractivity contribution in [3.8, 4) is 0 Å². The van der Waals surface area contributed by atoms with Crippen LogP contribution in [0.15, 0.2) is 0 Å². The molecule has 0 aromatic carbocycles. The number of aliphatic hydroxyl groups excluding tert-OH is 1. The maximum Gasteiger partial charge on any atom is 0.472 e. The van der Waals surface area contributed by atoms with E-state index in [9.17, 15) is 43.2 Å². The van der Waals surface area contributed by atoms with Gasteiger partial charge < -0.3 is 33.8 Å². The Bertz CT molecular complexity index is 1750. The first-order chi connectivity index (χ1) is 42.7. The maximum absolute atomic E-state index is 13.0. The summed E-state index contributed by atoms with van der Waals surface area (Å²) in [6.45, 7) is 11.8. The van der Waals surface area contributed by atoms with Gasteiger partial charge in [0.15, 0.2) is 12.2 Å². The van der Waals surface area contributed by atoms with E-state index in [1.165, 1.54) is 161 Å². The van der Waals surface area contributed by atoms with Gasteiger partial charge >= 0.3 is 39.5 Å². The second-order valence-corrected chi connectivity index (χ2v) is 29.6. The van der Waals surface area contributed by atoms with Gasteiger partial charge in [0.05, 0.1) is 26.4 Å². The van der Waals surface area contributed by atoms with Crippen molar-refractivity contribution >= 4 is 39.5 Å². The molecule has 0 aromatic rings. The van der Waals surface area contributed by atoms with E-state index in [4.69, 9.17) is 37.0 Å². The molecule has 0 aliphatic heterocycles. The lowest BCUT2D eigenvalue weighted by atomic mass is 10.0. The van der Waals surface area contributed by atoms with Gasteiger partial charge in [-0.05, 0) is 43.4 Å². The Labute approximate surface area is 543 Å². The molecule has 528 valence electrons. The van der Waals surface area contributed by atoms with E-state index < -0.39 is 97.5 Å². The lowest BCUT2D eigenvalue weighted by Crippen LogP contribution is -2.30. The molecule has 0 aromatic heterocycles. The maximum atomic E-state index is 13.0. The second-order valence-electron chi connectivity index (χ2n) is 26.7. The van der Waals surface area contributed by atoms with Crippen molar-refractivity contribution in [1.29, 1.82) is 0 Å². The molecule has 19 heteroatoms. The number of phosphoric acid groups is 2. The molecule has 0 saturated carbocycles. The quantitative estimate of drug-likeness (QED) is 0.0222. The zero-order valence-electron chi connectivity index (χ0n) is 57.9. The van der Waals surface area contributed by atoms with Gasteiger partial charge in [0.1, 0.15) is 19.3 Å². The number of hydrogen-bond acceptors (Lipinski definition) is 15. The minimum Gasteiger partial charge on any atom is -0.462 e. The molecule has 0 bridgehead atoms. The fourth-order valence-corrected chi connectivity index (χ4v) is 12.1. The highest BCUT2D eigenvalue weighted by Gasteiger charge is 2.30. The van der Waals surface area contributed by atoms with Crippen LogP contribution in [-0.2, 0) is 65.4 Å². The van der Waals surface area contributed by atoms with Crippen LogP contribution in [0.2, 0.25) is 0 Å². The molecule has 5 atom stereocenters. The molecule has 89 heavy (non-hydrogen) atoms. The van der Waals surface area contributed by atoms with E-state index in [1.54, 1.807) is 0 Å². The number of unbranched alkanes of at least 4 members (excludes halogenated alkanes) is 36. The van der Waals surface area contributed by atoms with Gasteiger partial charge in [0, 0.05) is 25.7 Å². The Morgan fingerprint density at radius 2 is 0.517 bits per heavy atom. The number of hydrogen-bond donors (Lipinski definition) is 3. The summed E-state index contributed by atoms with van der Waals surface area (Å²) in [4.78, 5) is 72.5. The highest BCUT2D eigenvalue weighted by atomic mass is 31.2. The van der Waals surface area contributed by atoms with E-state index in [0.717, 1.165) is 102 Å². The van der Waals surface area contributed by atoms with Crippen LogP contribution in [0.4, 0.5) is 0 Å². The van der Waals surface area contributed by atoms with E-state index in [-0.39, 0.29) is 25.7 Å². The third kappa shape index (κ3) is 64.6. The van der Waals surface area contributed by atoms with Crippen LogP contribution in [-0.4, -0.2) is 96.7 Å². The van der Waals surface area contributed by atoms with E-state index in [0.29, 0.717) is 31.6 Å². The van der Waals surface area contributed by atoms with Crippen LogP contribution in [0.1, 0.15) is 350 Å². The van der Waals surface area contributed by atoms with Gasteiger partial charge in [0.25, 0.3) is 0 Å². The number of carbonyl (C=O) groups is 4. The molecule has 3 N–H and O–H groups in total. The second kappa shape index (κ2) is 61.0. The average Bonchev–Trinajstić information content (AvgIpc) is 3.70. The van der Waals surface area contributed by atoms with Crippen LogP contribution >= 0.6 is 15.6 Å². The molecule has 0 fully saturated rings. The van der Waals surface area contributed by atoms with Gasteiger partial charge in [-0.1, -0.05) is 299 Å². The molecule has 0 aliphatic rings. The molecule has 0 amide bonds. The first-order valence-corrected chi connectivity index (χ1v) is 39.3. The van der Waals surface area contributed by atoms with E-state index in [1.807, 2.05) is 0 Å². The number of aliphatic hydroxyl groups is 1. The summed E-state index contributed by atoms with van der Waals surface area (Å²) in [5.41, 5.74) is 0. The fraction of sp³-hybridized carbons (Fsp3) is 0.943. The molecule has 0 aliphatic carbocycles. The van der Waals surface area contributed by atoms with E-state index in [2.05, 4.69) is 48.5 Å². The van der Waals surface area contributed by atoms with E-state index >= 15 is 0 Å². The minimum atomic E-state index is -4.95. The summed E-state index contributed by atoms with van der Waals surface area (Å²) in [7, 11) is -9.90. The predicted molar refractivity (Wildman–Crippen MR) is 358 cm³/mol. The molecular weight excluding hydrogens is 1170 g/mol. The molecule has 2 unspecified atom stereocenters. The van der Waals surface area contributed by atoms with Gasteiger partial charge in [-0.25, -0.2) is 9.13 Å². The normalized spacial score (nSPS) is 14.2. The van der Waals surface area contributed by atoms with Crippen molar-refractivity contribution in [3.63, 3.8) is 0 Å². The van der Waals surface area contributed by atoms with Crippen molar-refractivity contribution in [2.24, 2.45) is 17.8 Å². The largest absolute Gasteiger partial charge is 0.472 e. The monoisotopic (exact) mass is 1310 g/mol. The van der Waals surface area contributed by atoms with Crippen LogP contribution in [0.25, 0.3) is 0 Å². The number of ether oxygens (including phenoxy) is 4. The lowest BCUT2D eigenvalue weighted by molar-refractivity contribution is -0.161. The number of esters is 4. The zero-order chi connectivity index (χ0) is 65.9. The Morgan fingerprint density at radius 1 is 0.303 bits per heavy atom. The van der Waals surface area contributed by atoms with Crippen LogP contribution in [0, 0.1) is 17.8 Å². The third-order valence-corrected chi connectivity index (χ3v) is 18.0. The Balaban J connectivity index is 5.24. The highest BCUT2D eigenvalue weighted by molar-refractivity contribution is 7.47. The van der Waals surface area contributed by atoms with Crippen molar-refractivity contribution in [1.82, 2.24) is 0 Å². The predicted octanol–water partition coefficient (Wildman–Crippen LogP) is 19.8. The topological polar surface area (TPSA) is 237 Å². The highest BCUT2D eigenvalue weighted by Crippen LogP contribution is 2.45. The van der Waals surface area contributed by atoms with Gasteiger partial charge in [-0.15, -0.1) is 0 Å². The van der Waals surface area contributed by atoms with Crippen molar-refractivity contribution in [2.45, 2.75) is 369 Å². The average molecular weight is 1310 g/mol. The Morgan fingerprint density at radius 3 is 0.764 bits per heavy atom. The Hall–Kier alpha value is -1.94. The van der Waals surface area contributed by atoms with Gasteiger partial charge in [0.2, 0.25) is 0 Å². The van der Waals surface area contributed by atoms with Crippen LogP contribution in [0.3, 0.4) is 0 Å².